The molecule has 0 bridgehead atoms. The van der Waals surface area contributed by atoms with Crippen LogP contribution in [0.3, 0.4) is 0 Å². The van der Waals surface area contributed by atoms with Crippen molar-refractivity contribution in [2.45, 2.75) is 29.0 Å². The SMILES string of the molecule is O=C(Nc1cccc(S(=O)(=O)C(F)F)c1)C1(n2cccn2)CCNCC1. The number of hydrogen-bond acceptors (Lipinski definition) is 5. The molecule has 0 saturated carbocycles. The summed E-state index contributed by atoms with van der Waals surface area (Å²) in [5.41, 5.74) is -0.784. The molecule has 3 rings (SSSR count). The molecule has 140 valence electrons. The maximum Gasteiger partial charge on any atom is 0.341 e. The number of sulfone groups is 1. The van der Waals surface area contributed by atoms with Gasteiger partial charge in [-0.1, -0.05) is 6.07 Å². The number of rotatable bonds is 5. The monoisotopic (exact) mass is 384 g/mol. The number of carbonyl (C=O) groups excluding carboxylic acids is 1. The minimum Gasteiger partial charge on any atom is -0.324 e. The Kier molecular flexibility index (Phi) is 5.05. The number of alkyl halides is 2. The number of halogens is 2. The fraction of sp³-hybridized carbons (Fsp3) is 0.375. The van der Waals surface area contributed by atoms with Gasteiger partial charge in [0.25, 0.3) is 5.91 Å². The van der Waals surface area contributed by atoms with Gasteiger partial charge in [0.15, 0.2) is 0 Å². The Bertz CT molecular complexity index is 879. The molecular formula is C16H18F2N4O3S. The second kappa shape index (κ2) is 7.12. The normalized spacial score (nSPS) is 17.2. The van der Waals surface area contributed by atoms with Crippen molar-refractivity contribution >= 4 is 21.4 Å². The van der Waals surface area contributed by atoms with Gasteiger partial charge >= 0.3 is 5.76 Å². The predicted octanol–water partition coefficient (Wildman–Crippen LogP) is 1.60. The van der Waals surface area contributed by atoms with Crippen LogP contribution in [0.4, 0.5) is 14.5 Å². The first-order valence-electron chi connectivity index (χ1n) is 8.01. The minimum absolute atomic E-state index is 0.141. The Morgan fingerprint density at radius 1 is 1.27 bits per heavy atom. The maximum absolute atomic E-state index is 13.0. The standard InChI is InChI=1S/C16H18F2N4O3S/c17-15(18)26(24,25)13-4-1-3-12(11-13)21-14(23)16(5-8-19-9-6-16)22-10-2-7-20-22/h1-4,7,10-11,15,19H,5-6,8-9H2,(H,21,23). The van der Waals surface area contributed by atoms with Crippen molar-refractivity contribution < 1.29 is 22.0 Å². The van der Waals surface area contributed by atoms with Crippen LogP contribution in [0, 0.1) is 0 Å². The van der Waals surface area contributed by atoms with Crippen molar-refractivity contribution in [2.24, 2.45) is 0 Å². The van der Waals surface area contributed by atoms with Crippen LogP contribution in [0.25, 0.3) is 0 Å². The number of benzene rings is 1. The summed E-state index contributed by atoms with van der Waals surface area (Å²) in [5, 5.41) is 10.0. The van der Waals surface area contributed by atoms with E-state index in [0.29, 0.717) is 25.9 Å². The van der Waals surface area contributed by atoms with Gasteiger partial charge in [0, 0.05) is 18.1 Å². The van der Waals surface area contributed by atoms with Gasteiger partial charge < -0.3 is 10.6 Å². The molecular weight excluding hydrogens is 366 g/mol. The van der Waals surface area contributed by atoms with E-state index in [0.717, 1.165) is 12.1 Å². The molecule has 0 aliphatic carbocycles. The van der Waals surface area contributed by atoms with Gasteiger partial charge in [0.2, 0.25) is 9.84 Å². The van der Waals surface area contributed by atoms with Gasteiger partial charge in [-0.05, 0) is 50.2 Å². The summed E-state index contributed by atoms with van der Waals surface area (Å²) in [6.07, 6.45) is 4.26. The Balaban J connectivity index is 1.89. The number of amides is 1. The molecule has 0 atom stereocenters. The lowest BCUT2D eigenvalue weighted by molar-refractivity contribution is -0.126. The van der Waals surface area contributed by atoms with E-state index in [2.05, 4.69) is 15.7 Å². The lowest BCUT2D eigenvalue weighted by Crippen LogP contribution is -2.52. The number of anilines is 1. The van der Waals surface area contributed by atoms with E-state index in [1.54, 1.807) is 23.1 Å². The van der Waals surface area contributed by atoms with E-state index in [9.17, 15) is 22.0 Å². The van der Waals surface area contributed by atoms with Gasteiger partial charge in [-0.2, -0.15) is 13.9 Å². The number of aromatic nitrogens is 2. The topological polar surface area (TPSA) is 93.1 Å². The maximum atomic E-state index is 13.0. The van der Waals surface area contributed by atoms with Crippen molar-refractivity contribution in [1.82, 2.24) is 15.1 Å². The number of nitrogens with one attached hydrogen (secondary N) is 2. The molecule has 7 nitrogen and oxygen atoms in total. The zero-order valence-electron chi connectivity index (χ0n) is 13.7. The van der Waals surface area contributed by atoms with Crippen molar-refractivity contribution in [3.8, 4) is 0 Å². The number of carbonyl (C=O) groups is 1. The summed E-state index contributed by atoms with van der Waals surface area (Å²) < 4.78 is 50.3. The van der Waals surface area contributed by atoms with Crippen molar-refractivity contribution in [3.05, 3.63) is 42.7 Å². The summed E-state index contributed by atoms with van der Waals surface area (Å²) >= 11 is 0. The van der Waals surface area contributed by atoms with E-state index in [1.807, 2.05) is 0 Å². The third-order valence-electron chi connectivity index (χ3n) is 4.45. The Labute approximate surface area is 149 Å². The zero-order valence-corrected chi connectivity index (χ0v) is 14.5. The minimum atomic E-state index is -4.73. The molecule has 1 amide bonds. The zero-order chi connectivity index (χ0) is 18.8. The number of hydrogen-bond donors (Lipinski definition) is 2. The number of nitrogens with zero attached hydrogens (tertiary/aromatic N) is 2. The first-order valence-corrected chi connectivity index (χ1v) is 9.55. The summed E-state index contributed by atoms with van der Waals surface area (Å²) in [6, 6.07) is 6.60. The second-order valence-corrected chi connectivity index (χ2v) is 7.94. The molecule has 0 unspecified atom stereocenters. The van der Waals surface area contributed by atoms with Crippen LogP contribution in [-0.4, -0.2) is 43.0 Å². The van der Waals surface area contributed by atoms with Gasteiger partial charge in [-0.25, -0.2) is 8.42 Å². The smallest absolute Gasteiger partial charge is 0.324 e. The van der Waals surface area contributed by atoms with Crippen molar-refractivity contribution in [3.63, 3.8) is 0 Å². The average molecular weight is 384 g/mol. The van der Waals surface area contributed by atoms with Crippen LogP contribution in [0.5, 0.6) is 0 Å². The molecule has 2 aromatic rings. The first-order chi connectivity index (χ1) is 12.4. The molecule has 1 saturated heterocycles. The van der Waals surface area contributed by atoms with Gasteiger partial charge in [0.05, 0.1) is 4.90 Å². The van der Waals surface area contributed by atoms with Crippen molar-refractivity contribution in [1.29, 1.82) is 0 Å². The highest BCUT2D eigenvalue weighted by Crippen LogP contribution is 2.29. The molecule has 10 heteroatoms. The summed E-state index contributed by atoms with van der Waals surface area (Å²) in [4.78, 5) is 12.4. The molecule has 1 aliphatic rings. The Morgan fingerprint density at radius 2 is 2.00 bits per heavy atom. The van der Waals surface area contributed by atoms with E-state index < -0.39 is 26.0 Å². The van der Waals surface area contributed by atoms with Crippen LogP contribution in [0.15, 0.2) is 47.6 Å². The summed E-state index contributed by atoms with van der Waals surface area (Å²) in [5.74, 6) is -3.89. The Morgan fingerprint density at radius 3 is 2.62 bits per heavy atom. The lowest BCUT2D eigenvalue weighted by atomic mass is 9.87. The third kappa shape index (κ3) is 3.34. The highest BCUT2D eigenvalue weighted by molar-refractivity contribution is 7.91. The molecule has 1 aromatic carbocycles. The molecule has 1 aliphatic heterocycles. The quantitative estimate of drug-likeness (QED) is 0.817. The van der Waals surface area contributed by atoms with E-state index in [1.165, 1.54) is 12.1 Å². The molecule has 2 N–H and O–H groups in total. The Hall–Kier alpha value is -2.33. The van der Waals surface area contributed by atoms with E-state index >= 15 is 0 Å². The highest BCUT2D eigenvalue weighted by Gasteiger charge is 2.42. The van der Waals surface area contributed by atoms with Crippen LogP contribution < -0.4 is 10.6 Å². The lowest BCUT2D eigenvalue weighted by Gasteiger charge is -2.36. The molecule has 1 fully saturated rings. The van der Waals surface area contributed by atoms with Gasteiger partial charge in [-0.15, -0.1) is 0 Å². The van der Waals surface area contributed by atoms with Gasteiger partial charge in [0.1, 0.15) is 5.54 Å². The fourth-order valence-electron chi connectivity index (χ4n) is 3.02. The molecule has 1 aromatic heterocycles. The average Bonchev–Trinajstić information content (AvgIpc) is 3.17. The largest absolute Gasteiger partial charge is 0.341 e. The van der Waals surface area contributed by atoms with Crippen molar-refractivity contribution in [2.75, 3.05) is 18.4 Å². The van der Waals surface area contributed by atoms with Gasteiger partial charge in [-0.3, -0.25) is 9.48 Å². The van der Waals surface area contributed by atoms with Crippen LogP contribution >= 0.6 is 0 Å². The van der Waals surface area contributed by atoms with E-state index in [4.69, 9.17) is 0 Å². The van der Waals surface area contributed by atoms with Crippen LogP contribution in [0.1, 0.15) is 12.8 Å². The molecule has 0 spiro atoms. The first kappa shape index (κ1) is 18.5. The fourth-order valence-corrected chi connectivity index (χ4v) is 3.79. The highest BCUT2D eigenvalue weighted by atomic mass is 32.2. The molecule has 0 radical (unpaired) electrons. The third-order valence-corrected chi connectivity index (χ3v) is 5.83. The molecule has 26 heavy (non-hydrogen) atoms. The molecule has 2 heterocycles. The number of piperidine rings is 1. The van der Waals surface area contributed by atoms with Crippen LogP contribution in [-0.2, 0) is 20.2 Å². The van der Waals surface area contributed by atoms with E-state index in [-0.39, 0.29) is 11.6 Å². The second-order valence-electron chi connectivity index (χ2n) is 6.02. The summed E-state index contributed by atoms with van der Waals surface area (Å²) in [7, 11) is -4.73. The summed E-state index contributed by atoms with van der Waals surface area (Å²) in [6.45, 7) is 1.24. The predicted molar refractivity (Wildman–Crippen MR) is 90.6 cm³/mol. The van der Waals surface area contributed by atoms with Crippen LogP contribution in [0.2, 0.25) is 0 Å².